The molecule has 5 nitrogen and oxygen atoms in total. The number of carbonyl (C=O) groups is 2. The average Bonchev–Trinajstić information content (AvgIpc) is 2.41. The molecule has 0 bridgehead atoms. The first-order valence-corrected chi connectivity index (χ1v) is 6.84. The highest BCUT2D eigenvalue weighted by Gasteiger charge is 2.40. The number of likely N-dealkylation sites (tertiary alicyclic amines) is 1. The lowest BCUT2D eigenvalue weighted by atomic mass is 9.92. The van der Waals surface area contributed by atoms with Crippen LogP contribution in [-0.4, -0.2) is 40.5 Å². The number of carbonyl (C=O) groups excluding carboxylic acids is 2. The lowest BCUT2D eigenvalue weighted by Crippen LogP contribution is -2.57. The summed E-state index contributed by atoms with van der Waals surface area (Å²) < 4.78 is 0. The highest BCUT2D eigenvalue weighted by molar-refractivity contribution is 6.31. The summed E-state index contributed by atoms with van der Waals surface area (Å²) in [4.78, 5) is 25.0. The number of hydrogen-bond acceptors (Lipinski definition) is 3. The number of amides is 2. The van der Waals surface area contributed by atoms with Crippen molar-refractivity contribution in [3.63, 3.8) is 0 Å². The van der Waals surface area contributed by atoms with E-state index in [4.69, 9.17) is 17.3 Å². The van der Waals surface area contributed by atoms with Crippen LogP contribution in [-0.2, 0) is 16.0 Å². The van der Waals surface area contributed by atoms with Crippen LogP contribution in [0.2, 0.25) is 5.02 Å². The maximum Gasteiger partial charge on any atom is 0.251 e. The topological polar surface area (TPSA) is 83.6 Å². The molecule has 0 unspecified atom stereocenters. The molecule has 3 N–H and O–H groups in total. The van der Waals surface area contributed by atoms with Crippen LogP contribution in [0.5, 0.6) is 0 Å². The van der Waals surface area contributed by atoms with Gasteiger partial charge in [-0.25, -0.2) is 0 Å². The van der Waals surface area contributed by atoms with Crippen LogP contribution in [0.3, 0.4) is 0 Å². The second-order valence-electron chi connectivity index (χ2n) is 5.08. The number of benzene rings is 1. The summed E-state index contributed by atoms with van der Waals surface area (Å²) in [5.74, 6) is -0.954. The smallest absolute Gasteiger partial charge is 0.251 e. The summed E-state index contributed by atoms with van der Waals surface area (Å²) in [5, 5.41) is 10.6. The standard InChI is InChI=1S/C14H17ClN2O3/c15-11-5-2-1-4-10(11)8-12(18)17-7-3-6-14(20,9-17)13(16)19/h1-2,4-5,20H,3,6-9H2,(H2,16,19)/t14-/m1/s1. The minimum atomic E-state index is -1.62. The second kappa shape index (κ2) is 5.81. The van der Waals surface area contributed by atoms with E-state index in [-0.39, 0.29) is 25.3 Å². The van der Waals surface area contributed by atoms with E-state index >= 15 is 0 Å². The number of aliphatic hydroxyl groups is 1. The van der Waals surface area contributed by atoms with E-state index in [2.05, 4.69) is 0 Å². The van der Waals surface area contributed by atoms with Crippen LogP contribution in [0.15, 0.2) is 24.3 Å². The number of nitrogens with zero attached hydrogens (tertiary/aromatic N) is 1. The molecule has 1 saturated heterocycles. The number of hydrogen-bond donors (Lipinski definition) is 2. The number of primary amides is 1. The van der Waals surface area contributed by atoms with Gasteiger partial charge in [0.05, 0.1) is 13.0 Å². The molecule has 0 aliphatic carbocycles. The molecular weight excluding hydrogens is 280 g/mol. The van der Waals surface area contributed by atoms with Gasteiger partial charge in [0.25, 0.3) is 5.91 Å². The second-order valence-corrected chi connectivity index (χ2v) is 5.49. The van der Waals surface area contributed by atoms with Gasteiger partial charge in [0.15, 0.2) is 5.60 Å². The molecule has 6 heteroatoms. The van der Waals surface area contributed by atoms with Gasteiger partial charge in [-0.1, -0.05) is 29.8 Å². The molecule has 108 valence electrons. The Hall–Kier alpha value is -1.59. The van der Waals surface area contributed by atoms with Gasteiger partial charge in [-0.05, 0) is 24.5 Å². The summed E-state index contributed by atoms with van der Waals surface area (Å²) >= 11 is 6.02. The van der Waals surface area contributed by atoms with E-state index < -0.39 is 11.5 Å². The quantitative estimate of drug-likeness (QED) is 0.862. The van der Waals surface area contributed by atoms with Gasteiger partial charge >= 0.3 is 0 Å². The highest BCUT2D eigenvalue weighted by atomic mass is 35.5. The lowest BCUT2D eigenvalue weighted by molar-refractivity contribution is -0.148. The zero-order chi connectivity index (χ0) is 14.8. The van der Waals surface area contributed by atoms with Gasteiger partial charge in [0.2, 0.25) is 5.91 Å². The molecule has 0 aromatic heterocycles. The Morgan fingerprint density at radius 3 is 2.75 bits per heavy atom. The predicted molar refractivity (Wildman–Crippen MR) is 75.1 cm³/mol. The molecule has 1 fully saturated rings. The Labute approximate surface area is 122 Å². The fourth-order valence-corrected chi connectivity index (χ4v) is 2.57. The highest BCUT2D eigenvalue weighted by Crippen LogP contribution is 2.22. The van der Waals surface area contributed by atoms with Crippen LogP contribution in [0.25, 0.3) is 0 Å². The van der Waals surface area contributed by atoms with Gasteiger partial charge in [0.1, 0.15) is 0 Å². The van der Waals surface area contributed by atoms with E-state index in [1.165, 1.54) is 4.90 Å². The van der Waals surface area contributed by atoms with Crippen LogP contribution >= 0.6 is 11.6 Å². The Bertz CT molecular complexity index is 535. The number of β-amino-alcohol motifs (C(OH)–C–C–N with tert-alkyl or cyclic N) is 1. The number of rotatable bonds is 3. The molecular formula is C14H17ClN2O3. The van der Waals surface area contributed by atoms with E-state index in [9.17, 15) is 14.7 Å². The van der Waals surface area contributed by atoms with E-state index in [1.54, 1.807) is 18.2 Å². The van der Waals surface area contributed by atoms with E-state index in [0.29, 0.717) is 18.0 Å². The summed E-state index contributed by atoms with van der Waals surface area (Å²) in [6.45, 7) is 0.463. The third kappa shape index (κ3) is 3.11. The summed E-state index contributed by atoms with van der Waals surface area (Å²) in [6, 6.07) is 7.11. The molecule has 1 aromatic rings. The van der Waals surface area contributed by atoms with Crippen molar-refractivity contribution in [3.8, 4) is 0 Å². The Kier molecular flexibility index (Phi) is 4.30. The third-order valence-electron chi connectivity index (χ3n) is 3.58. The predicted octanol–water partition coefficient (Wildman–Crippen LogP) is 0.721. The molecule has 0 spiro atoms. The molecule has 2 amide bonds. The summed E-state index contributed by atoms with van der Waals surface area (Å²) in [5.41, 5.74) is 4.30. The Morgan fingerprint density at radius 1 is 1.40 bits per heavy atom. The maximum atomic E-state index is 12.2. The van der Waals surface area contributed by atoms with E-state index in [0.717, 1.165) is 5.56 Å². The van der Waals surface area contributed by atoms with Crippen LogP contribution in [0.1, 0.15) is 18.4 Å². The lowest BCUT2D eigenvalue weighted by Gasteiger charge is -2.37. The van der Waals surface area contributed by atoms with Crippen molar-refractivity contribution in [1.29, 1.82) is 0 Å². The first kappa shape index (κ1) is 14.8. The number of nitrogens with two attached hydrogens (primary N) is 1. The van der Waals surface area contributed by atoms with E-state index in [1.807, 2.05) is 6.07 Å². The van der Waals surface area contributed by atoms with Crippen molar-refractivity contribution in [1.82, 2.24) is 4.90 Å². The molecule has 1 aromatic carbocycles. The molecule has 20 heavy (non-hydrogen) atoms. The minimum Gasteiger partial charge on any atom is -0.378 e. The number of piperidine rings is 1. The fraction of sp³-hybridized carbons (Fsp3) is 0.429. The monoisotopic (exact) mass is 296 g/mol. The van der Waals surface area contributed by atoms with Crippen molar-refractivity contribution >= 4 is 23.4 Å². The molecule has 0 saturated carbocycles. The maximum absolute atomic E-state index is 12.2. The summed E-state index contributed by atoms with van der Waals surface area (Å²) in [6.07, 6.45) is 0.987. The third-order valence-corrected chi connectivity index (χ3v) is 3.95. The van der Waals surface area contributed by atoms with Crippen molar-refractivity contribution in [3.05, 3.63) is 34.9 Å². The molecule has 1 atom stereocenters. The van der Waals surface area contributed by atoms with Crippen molar-refractivity contribution < 1.29 is 14.7 Å². The zero-order valence-electron chi connectivity index (χ0n) is 11.0. The first-order chi connectivity index (χ1) is 9.42. The SMILES string of the molecule is NC(=O)[C@@]1(O)CCCN(C(=O)Cc2ccccc2Cl)C1. The Morgan fingerprint density at radius 2 is 2.10 bits per heavy atom. The average molecular weight is 297 g/mol. The van der Waals surface area contributed by atoms with Crippen LogP contribution < -0.4 is 5.73 Å². The van der Waals surface area contributed by atoms with Gasteiger partial charge in [-0.2, -0.15) is 0 Å². The fourth-order valence-electron chi connectivity index (χ4n) is 2.37. The van der Waals surface area contributed by atoms with Crippen molar-refractivity contribution in [2.45, 2.75) is 24.9 Å². The molecule has 1 aliphatic heterocycles. The van der Waals surface area contributed by atoms with Crippen LogP contribution in [0, 0.1) is 0 Å². The molecule has 1 heterocycles. The first-order valence-electron chi connectivity index (χ1n) is 6.46. The number of halogens is 1. The minimum absolute atomic E-state index is 0.0500. The normalized spacial score (nSPS) is 22.6. The van der Waals surface area contributed by atoms with Crippen LogP contribution in [0.4, 0.5) is 0 Å². The zero-order valence-corrected chi connectivity index (χ0v) is 11.8. The van der Waals surface area contributed by atoms with Crippen molar-refractivity contribution in [2.75, 3.05) is 13.1 Å². The molecule has 1 aliphatic rings. The molecule has 2 rings (SSSR count). The van der Waals surface area contributed by atoms with Crippen molar-refractivity contribution in [2.24, 2.45) is 5.73 Å². The van der Waals surface area contributed by atoms with Gasteiger partial charge in [-0.15, -0.1) is 0 Å². The Balaban J connectivity index is 2.06. The molecule has 0 radical (unpaired) electrons. The van der Waals surface area contributed by atoms with Gasteiger partial charge in [0, 0.05) is 11.6 Å². The summed E-state index contributed by atoms with van der Waals surface area (Å²) in [7, 11) is 0. The van der Waals surface area contributed by atoms with Gasteiger partial charge in [-0.3, -0.25) is 9.59 Å². The van der Waals surface area contributed by atoms with Gasteiger partial charge < -0.3 is 15.7 Å². The largest absolute Gasteiger partial charge is 0.378 e.